The normalized spacial score (nSPS) is 24.2. The number of likely N-dealkylation sites (tertiary alicyclic amines) is 1. The first-order chi connectivity index (χ1) is 9.60. The predicted octanol–water partition coefficient (Wildman–Crippen LogP) is 3.71. The van der Waals surface area contributed by atoms with Crippen molar-refractivity contribution in [1.82, 2.24) is 10.2 Å². The number of hydrogen-bond donors (Lipinski definition) is 1. The van der Waals surface area contributed by atoms with E-state index in [1.54, 1.807) is 0 Å². The van der Waals surface area contributed by atoms with Crippen LogP contribution in [0.15, 0.2) is 10.5 Å². The van der Waals surface area contributed by atoms with Crippen LogP contribution in [0, 0.1) is 12.8 Å². The van der Waals surface area contributed by atoms with E-state index in [-0.39, 0.29) is 0 Å². The molecule has 0 saturated carbocycles. The Morgan fingerprint density at radius 3 is 2.90 bits per heavy atom. The number of aryl methyl sites for hydroxylation is 1. The molecule has 114 valence electrons. The van der Waals surface area contributed by atoms with E-state index in [1.165, 1.54) is 24.9 Å². The fourth-order valence-electron chi connectivity index (χ4n) is 3.02. The second-order valence-corrected chi connectivity index (χ2v) is 6.46. The lowest BCUT2D eigenvalue weighted by molar-refractivity contribution is 0.108. The number of nitrogens with one attached hydrogen (secondary N) is 1. The summed E-state index contributed by atoms with van der Waals surface area (Å²) >= 11 is 0. The third-order valence-electron chi connectivity index (χ3n) is 4.39. The average Bonchev–Trinajstić information content (AvgIpc) is 2.75. The van der Waals surface area contributed by atoms with Gasteiger partial charge >= 0.3 is 0 Å². The SMILES string of the molecule is CCCNCc1oc(CN2CC(C)CCC2C)cc1C. The monoisotopic (exact) mass is 278 g/mol. The molecule has 1 fully saturated rings. The van der Waals surface area contributed by atoms with Crippen molar-refractivity contribution >= 4 is 0 Å². The molecule has 3 heteroatoms. The van der Waals surface area contributed by atoms with Crippen molar-refractivity contribution < 1.29 is 4.42 Å². The van der Waals surface area contributed by atoms with Gasteiger partial charge in [-0.25, -0.2) is 0 Å². The minimum atomic E-state index is 0.679. The average molecular weight is 278 g/mol. The van der Waals surface area contributed by atoms with Crippen LogP contribution in [0.3, 0.4) is 0 Å². The number of rotatable bonds is 6. The summed E-state index contributed by atoms with van der Waals surface area (Å²) < 4.78 is 6.04. The van der Waals surface area contributed by atoms with Crippen LogP contribution < -0.4 is 5.32 Å². The molecule has 1 aromatic heterocycles. The maximum atomic E-state index is 6.04. The fraction of sp³-hybridized carbons (Fsp3) is 0.765. The van der Waals surface area contributed by atoms with E-state index in [9.17, 15) is 0 Å². The van der Waals surface area contributed by atoms with Crippen LogP contribution in [-0.4, -0.2) is 24.0 Å². The third-order valence-corrected chi connectivity index (χ3v) is 4.39. The van der Waals surface area contributed by atoms with Crippen LogP contribution in [0.5, 0.6) is 0 Å². The quantitative estimate of drug-likeness (QED) is 0.804. The van der Waals surface area contributed by atoms with Gasteiger partial charge in [0.1, 0.15) is 11.5 Å². The molecule has 2 heterocycles. The van der Waals surface area contributed by atoms with Gasteiger partial charge in [0.25, 0.3) is 0 Å². The van der Waals surface area contributed by atoms with Crippen molar-refractivity contribution in [2.75, 3.05) is 13.1 Å². The van der Waals surface area contributed by atoms with Gasteiger partial charge in [0.15, 0.2) is 0 Å². The van der Waals surface area contributed by atoms with Crippen LogP contribution >= 0.6 is 0 Å². The van der Waals surface area contributed by atoms with Crippen molar-refractivity contribution in [3.63, 3.8) is 0 Å². The van der Waals surface area contributed by atoms with E-state index in [2.05, 4.69) is 44.0 Å². The number of hydrogen-bond acceptors (Lipinski definition) is 3. The van der Waals surface area contributed by atoms with Gasteiger partial charge < -0.3 is 9.73 Å². The Kier molecular flexibility index (Phi) is 5.67. The van der Waals surface area contributed by atoms with Gasteiger partial charge in [-0.2, -0.15) is 0 Å². The number of piperidine rings is 1. The fourth-order valence-corrected chi connectivity index (χ4v) is 3.02. The summed E-state index contributed by atoms with van der Waals surface area (Å²) in [5, 5.41) is 3.42. The predicted molar refractivity (Wildman–Crippen MR) is 83.7 cm³/mol. The molecule has 0 radical (unpaired) electrons. The molecule has 20 heavy (non-hydrogen) atoms. The lowest BCUT2D eigenvalue weighted by atomic mass is 9.95. The summed E-state index contributed by atoms with van der Waals surface area (Å²) in [6.45, 7) is 13.1. The molecule has 0 bridgehead atoms. The molecule has 0 aliphatic carbocycles. The van der Waals surface area contributed by atoms with E-state index >= 15 is 0 Å². The van der Waals surface area contributed by atoms with Gasteiger partial charge in [-0.05, 0) is 57.2 Å². The Bertz CT molecular complexity index is 413. The zero-order valence-electron chi connectivity index (χ0n) is 13.5. The second-order valence-electron chi connectivity index (χ2n) is 6.46. The lowest BCUT2D eigenvalue weighted by Gasteiger charge is -2.36. The Hall–Kier alpha value is -0.800. The molecular formula is C17H30N2O. The molecule has 2 rings (SSSR count). The molecule has 1 N–H and O–H groups in total. The highest BCUT2D eigenvalue weighted by atomic mass is 16.3. The Labute approximate surface area is 123 Å². The summed E-state index contributed by atoms with van der Waals surface area (Å²) in [6.07, 6.45) is 3.84. The van der Waals surface area contributed by atoms with Crippen LogP contribution in [0.2, 0.25) is 0 Å². The molecule has 2 atom stereocenters. The highest BCUT2D eigenvalue weighted by Gasteiger charge is 2.23. The summed E-state index contributed by atoms with van der Waals surface area (Å²) in [5.41, 5.74) is 1.28. The van der Waals surface area contributed by atoms with E-state index in [1.807, 2.05) is 0 Å². The van der Waals surface area contributed by atoms with Crippen molar-refractivity contribution in [3.8, 4) is 0 Å². The molecular weight excluding hydrogens is 248 g/mol. The van der Waals surface area contributed by atoms with Crippen LogP contribution in [0.4, 0.5) is 0 Å². The molecule has 0 spiro atoms. The highest BCUT2D eigenvalue weighted by Crippen LogP contribution is 2.24. The van der Waals surface area contributed by atoms with E-state index < -0.39 is 0 Å². The van der Waals surface area contributed by atoms with E-state index in [0.717, 1.165) is 43.5 Å². The molecule has 1 aromatic rings. The highest BCUT2D eigenvalue weighted by molar-refractivity contribution is 5.20. The van der Waals surface area contributed by atoms with Gasteiger partial charge in [-0.1, -0.05) is 13.8 Å². The van der Waals surface area contributed by atoms with Crippen molar-refractivity contribution in [2.24, 2.45) is 5.92 Å². The molecule has 3 nitrogen and oxygen atoms in total. The Morgan fingerprint density at radius 1 is 1.35 bits per heavy atom. The number of nitrogens with zero attached hydrogens (tertiary/aromatic N) is 1. The van der Waals surface area contributed by atoms with E-state index in [4.69, 9.17) is 4.42 Å². The zero-order chi connectivity index (χ0) is 14.5. The maximum absolute atomic E-state index is 6.04. The lowest BCUT2D eigenvalue weighted by Crippen LogP contribution is -2.40. The smallest absolute Gasteiger partial charge is 0.120 e. The van der Waals surface area contributed by atoms with Crippen molar-refractivity contribution in [1.29, 1.82) is 0 Å². The molecule has 2 unspecified atom stereocenters. The molecule has 1 aliphatic rings. The van der Waals surface area contributed by atoms with Gasteiger partial charge in [0.05, 0.1) is 13.1 Å². The van der Waals surface area contributed by atoms with Crippen LogP contribution in [0.1, 0.15) is 57.1 Å². The van der Waals surface area contributed by atoms with Gasteiger partial charge in [0.2, 0.25) is 0 Å². The molecule has 0 amide bonds. The summed E-state index contributed by atoms with van der Waals surface area (Å²) in [4.78, 5) is 2.57. The van der Waals surface area contributed by atoms with Gasteiger partial charge in [0, 0.05) is 12.6 Å². The van der Waals surface area contributed by atoms with Crippen molar-refractivity contribution in [3.05, 3.63) is 23.2 Å². The first-order valence-electron chi connectivity index (χ1n) is 8.13. The number of furan rings is 1. The molecule has 1 aliphatic heterocycles. The first-order valence-corrected chi connectivity index (χ1v) is 8.13. The first kappa shape index (κ1) is 15.6. The van der Waals surface area contributed by atoms with Crippen LogP contribution in [-0.2, 0) is 13.1 Å². The van der Waals surface area contributed by atoms with Gasteiger partial charge in [-0.3, -0.25) is 4.90 Å². The topological polar surface area (TPSA) is 28.4 Å². The molecule has 0 aromatic carbocycles. The third kappa shape index (κ3) is 4.10. The standard InChI is InChI=1S/C17H30N2O/c1-5-8-18-10-17-14(3)9-16(20-17)12-19-11-13(2)6-7-15(19)4/h9,13,15,18H,5-8,10-12H2,1-4H3. The Balaban J connectivity index is 1.93. The Morgan fingerprint density at radius 2 is 2.15 bits per heavy atom. The van der Waals surface area contributed by atoms with E-state index in [0.29, 0.717) is 6.04 Å². The molecule has 1 saturated heterocycles. The summed E-state index contributed by atoms with van der Waals surface area (Å²) in [5.74, 6) is 3.04. The minimum Gasteiger partial charge on any atom is -0.463 e. The van der Waals surface area contributed by atoms with Crippen LogP contribution in [0.25, 0.3) is 0 Å². The van der Waals surface area contributed by atoms with Crippen molar-refractivity contribution in [2.45, 2.75) is 66.1 Å². The summed E-state index contributed by atoms with van der Waals surface area (Å²) in [6, 6.07) is 2.90. The van der Waals surface area contributed by atoms with Gasteiger partial charge in [-0.15, -0.1) is 0 Å². The maximum Gasteiger partial charge on any atom is 0.120 e. The zero-order valence-corrected chi connectivity index (χ0v) is 13.5. The largest absolute Gasteiger partial charge is 0.463 e. The summed E-state index contributed by atoms with van der Waals surface area (Å²) in [7, 11) is 0. The second kappa shape index (κ2) is 7.28. The minimum absolute atomic E-state index is 0.679.